The molecule has 1 saturated heterocycles. The van der Waals surface area contributed by atoms with Crippen LogP contribution < -0.4 is 0 Å². The first-order valence-electron chi connectivity index (χ1n) is 9.67. The Morgan fingerprint density at radius 3 is 2.32 bits per heavy atom. The molecule has 0 aromatic heterocycles. The van der Waals surface area contributed by atoms with Crippen molar-refractivity contribution in [3.8, 4) is 0 Å². The lowest BCUT2D eigenvalue weighted by molar-refractivity contribution is -0.387. The molecule has 11 nitrogen and oxygen atoms in total. The van der Waals surface area contributed by atoms with Gasteiger partial charge in [0.2, 0.25) is 0 Å². The molecule has 0 bridgehead atoms. The number of para-hydroxylation sites is 1. The Hall–Kier alpha value is -2.73. The number of sulfonamides is 1. The monoisotopic (exact) mass is 457 g/mol. The molecule has 1 aromatic rings. The molecule has 0 spiro atoms. The molecule has 1 amide bonds. The van der Waals surface area contributed by atoms with Gasteiger partial charge in [-0.05, 0) is 39.7 Å². The van der Waals surface area contributed by atoms with Gasteiger partial charge < -0.3 is 14.4 Å². The quantitative estimate of drug-likeness (QED) is 0.360. The predicted molar refractivity (Wildman–Crippen MR) is 110 cm³/mol. The number of carbonyl (C=O) groups is 2. The van der Waals surface area contributed by atoms with Gasteiger partial charge in [-0.15, -0.1) is 0 Å². The lowest BCUT2D eigenvalue weighted by atomic mass is 10.1. The topological polar surface area (TPSA) is 136 Å². The van der Waals surface area contributed by atoms with Crippen LogP contribution in [-0.2, 0) is 24.3 Å². The number of methoxy groups -OCH3 is 1. The molecule has 1 heterocycles. The van der Waals surface area contributed by atoms with E-state index in [1.807, 2.05) is 0 Å². The average Bonchev–Trinajstić information content (AvgIpc) is 2.70. The number of amides is 1. The number of piperidine rings is 1. The van der Waals surface area contributed by atoms with Gasteiger partial charge in [-0.1, -0.05) is 12.1 Å². The molecule has 1 aliphatic rings. The van der Waals surface area contributed by atoms with E-state index in [0.29, 0.717) is 0 Å². The number of esters is 1. The van der Waals surface area contributed by atoms with Crippen molar-refractivity contribution < 1.29 is 32.4 Å². The van der Waals surface area contributed by atoms with Gasteiger partial charge in [0.15, 0.2) is 4.90 Å². The molecule has 0 aliphatic carbocycles. The summed E-state index contributed by atoms with van der Waals surface area (Å²) in [6.45, 7) is 5.06. The minimum Gasteiger partial charge on any atom is -0.468 e. The lowest BCUT2D eigenvalue weighted by Crippen LogP contribution is -2.51. The summed E-state index contributed by atoms with van der Waals surface area (Å²) < 4.78 is 37.5. The molecule has 1 aliphatic heterocycles. The summed E-state index contributed by atoms with van der Waals surface area (Å²) in [5.41, 5.74) is -1.25. The fourth-order valence-corrected chi connectivity index (χ4v) is 5.01. The number of nitro groups is 1. The van der Waals surface area contributed by atoms with Gasteiger partial charge in [0.1, 0.15) is 12.1 Å². The second-order valence-electron chi connectivity index (χ2n) is 8.05. The predicted octanol–water partition coefficient (Wildman–Crippen LogP) is 2.16. The second-order valence-corrected chi connectivity index (χ2v) is 9.91. The van der Waals surface area contributed by atoms with Crippen LogP contribution in [0.2, 0.25) is 0 Å². The molecule has 172 valence electrons. The van der Waals surface area contributed by atoms with Crippen LogP contribution in [-0.4, -0.2) is 73.0 Å². The van der Waals surface area contributed by atoms with Gasteiger partial charge in [0.25, 0.3) is 15.7 Å². The van der Waals surface area contributed by atoms with E-state index in [9.17, 15) is 28.1 Å². The Kier molecular flexibility index (Phi) is 7.60. The first kappa shape index (κ1) is 24.5. The summed E-state index contributed by atoms with van der Waals surface area (Å²) in [6, 6.07) is 4.31. The maximum Gasteiger partial charge on any atom is 0.410 e. The number of hydrogen-bond donors (Lipinski definition) is 0. The molecule has 0 unspecified atom stereocenters. The molecule has 0 N–H and O–H groups in total. The average molecular weight is 458 g/mol. The van der Waals surface area contributed by atoms with Gasteiger partial charge in [-0.25, -0.2) is 13.2 Å². The van der Waals surface area contributed by atoms with Gasteiger partial charge in [0.05, 0.1) is 12.0 Å². The SMILES string of the molecule is COC(=O)CN(C1CCN(C(=O)OC(C)(C)C)CC1)S(=O)(=O)c1ccccc1[N+](=O)[O-]. The normalized spacial score (nSPS) is 15.6. The van der Waals surface area contributed by atoms with Crippen LogP contribution in [0.25, 0.3) is 0 Å². The highest BCUT2D eigenvalue weighted by molar-refractivity contribution is 7.89. The van der Waals surface area contributed by atoms with E-state index in [1.54, 1.807) is 20.8 Å². The van der Waals surface area contributed by atoms with E-state index in [0.717, 1.165) is 23.5 Å². The minimum absolute atomic E-state index is 0.212. The third-order valence-electron chi connectivity index (χ3n) is 4.68. The molecule has 2 rings (SSSR count). The molecular weight excluding hydrogens is 430 g/mol. The fraction of sp³-hybridized carbons (Fsp3) is 0.579. The molecule has 0 radical (unpaired) electrons. The summed E-state index contributed by atoms with van der Waals surface area (Å²) in [4.78, 5) is 35.8. The summed E-state index contributed by atoms with van der Waals surface area (Å²) >= 11 is 0. The number of ether oxygens (including phenoxy) is 2. The Labute approximate surface area is 181 Å². The number of nitro benzene ring substituents is 1. The Morgan fingerprint density at radius 1 is 1.23 bits per heavy atom. The van der Waals surface area contributed by atoms with Crippen LogP contribution in [0.15, 0.2) is 29.2 Å². The smallest absolute Gasteiger partial charge is 0.410 e. The zero-order valence-corrected chi connectivity index (χ0v) is 18.8. The number of carbonyl (C=O) groups excluding carboxylic acids is 2. The van der Waals surface area contributed by atoms with Crippen molar-refractivity contribution in [3.63, 3.8) is 0 Å². The minimum atomic E-state index is -4.39. The van der Waals surface area contributed by atoms with E-state index >= 15 is 0 Å². The maximum atomic E-state index is 13.3. The number of benzene rings is 1. The maximum absolute atomic E-state index is 13.3. The van der Waals surface area contributed by atoms with Crippen molar-refractivity contribution in [1.82, 2.24) is 9.21 Å². The third-order valence-corrected chi connectivity index (χ3v) is 6.63. The lowest BCUT2D eigenvalue weighted by Gasteiger charge is -2.37. The van der Waals surface area contributed by atoms with Crippen LogP contribution in [0, 0.1) is 10.1 Å². The zero-order valence-electron chi connectivity index (χ0n) is 17.9. The van der Waals surface area contributed by atoms with Crippen molar-refractivity contribution in [2.45, 2.75) is 50.2 Å². The van der Waals surface area contributed by atoms with Crippen molar-refractivity contribution in [1.29, 1.82) is 0 Å². The summed E-state index contributed by atoms with van der Waals surface area (Å²) in [7, 11) is -3.26. The van der Waals surface area contributed by atoms with Crippen molar-refractivity contribution >= 4 is 27.8 Å². The molecule has 0 saturated carbocycles. The van der Waals surface area contributed by atoms with E-state index in [1.165, 1.54) is 17.0 Å². The van der Waals surface area contributed by atoms with Crippen molar-refractivity contribution in [2.75, 3.05) is 26.7 Å². The van der Waals surface area contributed by atoms with E-state index < -0.39 is 55.8 Å². The van der Waals surface area contributed by atoms with Gasteiger partial charge in [-0.3, -0.25) is 14.9 Å². The van der Waals surface area contributed by atoms with Crippen LogP contribution in [0.4, 0.5) is 10.5 Å². The molecule has 31 heavy (non-hydrogen) atoms. The van der Waals surface area contributed by atoms with Crippen LogP contribution in [0.5, 0.6) is 0 Å². The first-order valence-corrected chi connectivity index (χ1v) is 11.1. The van der Waals surface area contributed by atoms with Crippen LogP contribution >= 0.6 is 0 Å². The molecule has 0 atom stereocenters. The van der Waals surface area contributed by atoms with Crippen LogP contribution in [0.1, 0.15) is 33.6 Å². The standard InChI is InChI=1S/C19H27N3O8S/c1-19(2,3)30-18(24)20-11-9-14(10-12-20)21(13-17(23)29-4)31(27,28)16-8-6-5-7-15(16)22(25)26/h5-8,14H,9-13H2,1-4H3. The van der Waals surface area contributed by atoms with E-state index in [4.69, 9.17) is 4.74 Å². The summed E-state index contributed by atoms with van der Waals surface area (Å²) in [5, 5.41) is 11.4. The highest BCUT2D eigenvalue weighted by Gasteiger charge is 2.39. The number of likely N-dealkylation sites (tertiary alicyclic amines) is 1. The molecule has 12 heteroatoms. The van der Waals surface area contributed by atoms with Gasteiger partial charge in [-0.2, -0.15) is 4.31 Å². The van der Waals surface area contributed by atoms with Crippen molar-refractivity contribution in [3.05, 3.63) is 34.4 Å². The van der Waals surface area contributed by atoms with E-state index in [2.05, 4.69) is 4.74 Å². The summed E-state index contributed by atoms with van der Waals surface area (Å²) in [6.07, 6.45) is -0.0429. The molecule has 1 fully saturated rings. The number of hydrogen-bond acceptors (Lipinski definition) is 8. The Bertz CT molecular complexity index is 934. The van der Waals surface area contributed by atoms with Crippen molar-refractivity contribution in [2.24, 2.45) is 0 Å². The van der Waals surface area contributed by atoms with Gasteiger partial charge >= 0.3 is 12.1 Å². The fourth-order valence-electron chi connectivity index (χ4n) is 3.22. The highest BCUT2D eigenvalue weighted by atomic mass is 32.2. The van der Waals surface area contributed by atoms with Crippen LogP contribution in [0.3, 0.4) is 0 Å². The summed E-state index contributed by atoms with van der Waals surface area (Å²) in [5.74, 6) is -0.795. The van der Waals surface area contributed by atoms with Gasteiger partial charge in [0, 0.05) is 25.2 Å². The Balaban J connectivity index is 2.29. The number of rotatable bonds is 6. The Morgan fingerprint density at radius 2 is 1.81 bits per heavy atom. The highest BCUT2D eigenvalue weighted by Crippen LogP contribution is 2.30. The largest absolute Gasteiger partial charge is 0.468 e. The number of nitrogens with zero attached hydrogens (tertiary/aromatic N) is 3. The first-order chi connectivity index (χ1) is 14.4. The van der Waals surface area contributed by atoms with E-state index in [-0.39, 0.29) is 25.9 Å². The second kappa shape index (κ2) is 9.60. The molecule has 1 aromatic carbocycles. The zero-order chi connectivity index (χ0) is 23.4. The third kappa shape index (κ3) is 6.14. The molecular formula is C19H27N3O8S.